The molecular formula is C19H22N2O3S. The number of carbonyl (C=O) groups is 1. The van der Waals surface area contributed by atoms with E-state index in [4.69, 9.17) is 0 Å². The molecule has 0 radical (unpaired) electrons. The summed E-state index contributed by atoms with van der Waals surface area (Å²) >= 11 is 0. The Morgan fingerprint density at radius 1 is 1.00 bits per heavy atom. The SMILES string of the molecule is O=C(CCc1ccccc1)Nc1ccc(N2CCCCS2(=O)=O)cc1. The van der Waals surface area contributed by atoms with Crippen molar-refractivity contribution in [3.05, 3.63) is 60.2 Å². The highest BCUT2D eigenvalue weighted by molar-refractivity contribution is 7.92. The van der Waals surface area contributed by atoms with Crippen molar-refractivity contribution in [2.45, 2.75) is 25.7 Å². The molecule has 0 aliphatic carbocycles. The van der Waals surface area contributed by atoms with E-state index in [1.165, 1.54) is 4.31 Å². The molecule has 0 saturated carbocycles. The number of nitrogens with zero attached hydrogens (tertiary/aromatic N) is 1. The second kappa shape index (κ2) is 7.70. The van der Waals surface area contributed by atoms with Crippen molar-refractivity contribution in [2.75, 3.05) is 21.9 Å². The van der Waals surface area contributed by atoms with Crippen LogP contribution in [0, 0.1) is 0 Å². The van der Waals surface area contributed by atoms with Gasteiger partial charge in [0.2, 0.25) is 15.9 Å². The van der Waals surface area contributed by atoms with E-state index >= 15 is 0 Å². The number of amides is 1. The molecule has 1 N–H and O–H groups in total. The molecule has 5 nitrogen and oxygen atoms in total. The molecular weight excluding hydrogens is 336 g/mol. The van der Waals surface area contributed by atoms with Gasteiger partial charge in [-0.2, -0.15) is 0 Å². The van der Waals surface area contributed by atoms with Gasteiger partial charge in [-0.25, -0.2) is 8.42 Å². The van der Waals surface area contributed by atoms with Crippen LogP contribution in [0.4, 0.5) is 11.4 Å². The van der Waals surface area contributed by atoms with Gasteiger partial charge in [0.1, 0.15) is 0 Å². The molecule has 1 heterocycles. The Balaban J connectivity index is 1.58. The summed E-state index contributed by atoms with van der Waals surface area (Å²) in [7, 11) is -3.21. The molecule has 1 saturated heterocycles. The summed E-state index contributed by atoms with van der Waals surface area (Å²) in [5, 5.41) is 2.86. The zero-order chi connectivity index (χ0) is 17.7. The molecule has 0 aromatic heterocycles. The molecule has 25 heavy (non-hydrogen) atoms. The van der Waals surface area contributed by atoms with Crippen LogP contribution in [0.25, 0.3) is 0 Å². The summed E-state index contributed by atoms with van der Waals surface area (Å²) in [4.78, 5) is 12.1. The van der Waals surface area contributed by atoms with Crippen LogP contribution in [-0.4, -0.2) is 26.6 Å². The third-order valence-electron chi connectivity index (χ3n) is 4.27. The van der Waals surface area contributed by atoms with Gasteiger partial charge in [0.25, 0.3) is 0 Å². The summed E-state index contributed by atoms with van der Waals surface area (Å²) < 4.78 is 25.7. The fraction of sp³-hybridized carbons (Fsp3) is 0.316. The molecule has 0 unspecified atom stereocenters. The molecule has 3 rings (SSSR count). The smallest absolute Gasteiger partial charge is 0.235 e. The second-order valence-corrected chi connectivity index (χ2v) is 8.19. The molecule has 0 atom stereocenters. The molecule has 6 heteroatoms. The van der Waals surface area contributed by atoms with Gasteiger partial charge in [0.15, 0.2) is 0 Å². The summed E-state index contributed by atoms with van der Waals surface area (Å²) in [5.74, 6) is 0.146. The largest absolute Gasteiger partial charge is 0.326 e. The van der Waals surface area contributed by atoms with E-state index in [9.17, 15) is 13.2 Å². The van der Waals surface area contributed by atoms with Crippen molar-refractivity contribution in [1.29, 1.82) is 0 Å². The summed E-state index contributed by atoms with van der Waals surface area (Å²) in [6.45, 7) is 0.519. The third-order valence-corrected chi connectivity index (χ3v) is 6.14. The summed E-state index contributed by atoms with van der Waals surface area (Å²) in [6, 6.07) is 16.9. The van der Waals surface area contributed by atoms with Crippen molar-refractivity contribution in [3.63, 3.8) is 0 Å². The summed E-state index contributed by atoms with van der Waals surface area (Å²) in [6.07, 6.45) is 2.69. The van der Waals surface area contributed by atoms with Gasteiger partial charge in [-0.05, 0) is 49.1 Å². The van der Waals surface area contributed by atoms with E-state index in [1.807, 2.05) is 30.3 Å². The Morgan fingerprint density at radius 2 is 1.72 bits per heavy atom. The first-order valence-corrected chi connectivity index (χ1v) is 10.1. The fourth-order valence-electron chi connectivity index (χ4n) is 2.92. The van der Waals surface area contributed by atoms with Crippen LogP contribution in [0.3, 0.4) is 0 Å². The number of aryl methyl sites for hydroxylation is 1. The lowest BCUT2D eigenvalue weighted by Gasteiger charge is -2.28. The van der Waals surface area contributed by atoms with Gasteiger partial charge in [-0.15, -0.1) is 0 Å². The van der Waals surface area contributed by atoms with Crippen molar-refractivity contribution in [2.24, 2.45) is 0 Å². The van der Waals surface area contributed by atoms with Gasteiger partial charge >= 0.3 is 0 Å². The number of benzene rings is 2. The molecule has 0 spiro atoms. The number of hydrogen-bond acceptors (Lipinski definition) is 3. The van der Waals surface area contributed by atoms with E-state index < -0.39 is 10.0 Å². The molecule has 132 valence electrons. The lowest BCUT2D eigenvalue weighted by Crippen LogP contribution is -2.37. The Bertz CT molecular complexity index is 818. The Morgan fingerprint density at radius 3 is 2.40 bits per heavy atom. The highest BCUT2D eigenvalue weighted by Crippen LogP contribution is 2.25. The Hall–Kier alpha value is -2.34. The fourth-order valence-corrected chi connectivity index (χ4v) is 4.56. The minimum absolute atomic E-state index is 0.0535. The van der Waals surface area contributed by atoms with Gasteiger partial charge in [0, 0.05) is 18.7 Å². The van der Waals surface area contributed by atoms with E-state index in [2.05, 4.69) is 5.32 Å². The molecule has 1 amide bonds. The van der Waals surface area contributed by atoms with Crippen molar-refractivity contribution >= 4 is 27.3 Å². The summed E-state index contributed by atoms with van der Waals surface area (Å²) in [5.41, 5.74) is 2.46. The van der Waals surface area contributed by atoms with Crippen molar-refractivity contribution in [1.82, 2.24) is 0 Å². The minimum Gasteiger partial charge on any atom is -0.326 e. The molecule has 1 aliphatic rings. The van der Waals surface area contributed by atoms with Gasteiger partial charge in [-0.1, -0.05) is 30.3 Å². The lowest BCUT2D eigenvalue weighted by molar-refractivity contribution is -0.116. The van der Waals surface area contributed by atoms with Gasteiger partial charge < -0.3 is 5.32 Å². The maximum atomic E-state index is 12.1. The number of carbonyl (C=O) groups excluding carboxylic acids is 1. The monoisotopic (exact) mass is 358 g/mol. The zero-order valence-electron chi connectivity index (χ0n) is 14.0. The lowest BCUT2D eigenvalue weighted by atomic mass is 10.1. The predicted octanol–water partition coefficient (Wildman–Crippen LogP) is 3.19. The Kier molecular flexibility index (Phi) is 5.38. The first-order chi connectivity index (χ1) is 12.0. The standard InChI is InChI=1S/C19H22N2O3S/c22-19(13-8-16-6-2-1-3-7-16)20-17-9-11-18(12-10-17)21-14-4-5-15-25(21,23)24/h1-3,6-7,9-12H,4-5,8,13-15H2,(H,20,22). The molecule has 2 aromatic carbocycles. The van der Waals surface area contributed by atoms with Crippen LogP contribution in [0.1, 0.15) is 24.8 Å². The molecule has 0 bridgehead atoms. The maximum Gasteiger partial charge on any atom is 0.235 e. The predicted molar refractivity (Wildman–Crippen MR) is 100 cm³/mol. The first-order valence-electron chi connectivity index (χ1n) is 8.49. The van der Waals surface area contributed by atoms with Crippen LogP contribution in [-0.2, 0) is 21.2 Å². The highest BCUT2D eigenvalue weighted by atomic mass is 32.2. The maximum absolute atomic E-state index is 12.1. The van der Waals surface area contributed by atoms with Crippen LogP contribution in [0.15, 0.2) is 54.6 Å². The molecule has 1 aliphatic heterocycles. The van der Waals surface area contributed by atoms with E-state index in [0.717, 1.165) is 12.0 Å². The van der Waals surface area contributed by atoms with Crippen molar-refractivity contribution in [3.8, 4) is 0 Å². The van der Waals surface area contributed by atoms with E-state index in [-0.39, 0.29) is 11.7 Å². The zero-order valence-corrected chi connectivity index (χ0v) is 14.8. The molecule has 2 aromatic rings. The quantitative estimate of drug-likeness (QED) is 0.893. The average molecular weight is 358 g/mol. The number of rotatable bonds is 5. The van der Waals surface area contributed by atoms with Crippen LogP contribution in [0.2, 0.25) is 0 Å². The van der Waals surface area contributed by atoms with Gasteiger partial charge in [0.05, 0.1) is 11.4 Å². The highest BCUT2D eigenvalue weighted by Gasteiger charge is 2.25. The second-order valence-electron chi connectivity index (χ2n) is 6.18. The van der Waals surface area contributed by atoms with E-state index in [1.54, 1.807) is 24.3 Å². The molecule has 1 fully saturated rings. The van der Waals surface area contributed by atoms with Crippen LogP contribution in [0.5, 0.6) is 0 Å². The normalized spacial score (nSPS) is 16.4. The average Bonchev–Trinajstić information content (AvgIpc) is 2.61. The number of nitrogens with one attached hydrogen (secondary N) is 1. The number of anilines is 2. The first kappa shape index (κ1) is 17.5. The number of hydrogen-bond donors (Lipinski definition) is 1. The number of sulfonamides is 1. The van der Waals surface area contributed by atoms with Crippen molar-refractivity contribution < 1.29 is 13.2 Å². The topological polar surface area (TPSA) is 66.5 Å². The third kappa shape index (κ3) is 4.60. The van der Waals surface area contributed by atoms with Crippen LogP contribution < -0.4 is 9.62 Å². The Labute approximate surface area is 148 Å². The van der Waals surface area contributed by atoms with E-state index in [0.29, 0.717) is 37.2 Å². The van der Waals surface area contributed by atoms with Crippen LogP contribution >= 0.6 is 0 Å². The van der Waals surface area contributed by atoms with Gasteiger partial charge in [-0.3, -0.25) is 9.10 Å². The minimum atomic E-state index is -3.21.